The highest BCUT2D eigenvalue weighted by atomic mass is 32.2. The summed E-state index contributed by atoms with van der Waals surface area (Å²) in [7, 11) is -2.12. The average Bonchev–Trinajstić information content (AvgIpc) is 2.83. The summed E-state index contributed by atoms with van der Waals surface area (Å²) in [6.45, 7) is 0.761. The van der Waals surface area contributed by atoms with E-state index in [2.05, 4.69) is 6.07 Å². The molecule has 7 heteroatoms. The second-order valence-electron chi connectivity index (χ2n) is 7.81. The molecule has 0 spiro atoms. The highest BCUT2D eigenvalue weighted by Gasteiger charge is 2.29. The molecule has 0 bridgehead atoms. The van der Waals surface area contributed by atoms with Crippen LogP contribution in [0.15, 0.2) is 77.7 Å². The Labute approximate surface area is 188 Å². The lowest BCUT2D eigenvalue weighted by atomic mass is 10.0. The van der Waals surface area contributed by atoms with Crippen LogP contribution in [-0.4, -0.2) is 32.8 Å². The van der Waals surface area contributed by atoms with E-state index >= 15 is 0 Å². The maximum absolute atomic E-state index is 13.4. The summed E-state index contributed by atoms with van der Waals surface area (Å²) in [6, 6.07) is 22.8. The van der Waals surface area contributed by atoms with Crippen molar-refractivity contribution in [1.82, 2.24) is 4.90 Å². The lowest BCUT2D eigenvalue weighted by Gasteiger charge is -2.30. The minimum Gasteiger partial charge on any atom is -0.337 e. The lowest BCUT2D eigenvalue weighted by Crippen LogP contribution is -2.35. The van der Waals surface area contributed by atoms with Gasteiger partial charge in [0.15, 0.2) is 0 Å². The third-order valence-corrected chi connectivity index (χ3v) is 7.40. The molecular formula is C25H23N3O3S. The molecule has 6 nitrogen and oxygen atoms in total. The van der Waals surface area contributed by atoms with Crippen LogP contribution in [0.5, 0.6) is 0 Å². The minimum atomic E-state index is -3.79. The molecule has 1 aliphatic heterocycles. The number of carbonyl (C=O) groups is 1. The van der Waals surface area contributed by atoms with Crippen LogP contribution < -0.4 is 4.31 Å². The van der Waals surface area contributed by atoms with E-state index in [0.717, 1.165) is 24.0 Å². The molecule has 0 saturated heterocycles. The molecule has 0 radical (unpaired) electrons. The van der Waals surface area contributed by atoms with E-state index in [0.29, 0.717) is 29.9 Å². The van der Waals surface area contributed by atoms with Gasteiger partial charge in [0.1, 0.15) is 0 Å². The zero-order chi connectivity index (χ0) is 22.7. The Kier molecular flexibility index (Phi) is 5.97. The van der Waals surface area contributed by atoms with E-state index in [1.165, 1.54) is 21.3 Å². The molecule has 3 aromatic rings. The Morgan fingerprint density at radius 3 is 2.56 bits per heavy atom. The van der Waals surface area contributed by atoms with Gasteiger partial charge in [-0.2, -0.15) is 5.26 Å². The van der Waals surface area contributed by atoms with Crippen LogP contribution in [-0.2, 0) is 23.0 Å². The molecule has 3 aromatic carbocycles. The number of rotatable bonds is 5. The molecule has 0 aliphatic carbocycles. The van der Waals surface area contributed by atoms with Gasteiger partial charge in [0.25, 0.3) is 15.9 Å². The first-order chi connectivity index (χ1) is 15.4. The van der Waals surface area contributed by atoms with Gasteiger partial charge in [0, 0.05) is 25.7 Å². The number of aryl methyl sites for hydroxylation is 1. The van der Waals surface area contributed by atoms with Crippen LogP contribution in [0.3, 0.4) is 0 Å². The molecule has 0 unspecified atom stereocenters. The number of para-hydroxylation sites is 1. The van der Waals surface area contributed by atoms with Crippen molar-refractivity contribution in [3.05, 3.63) is 95.1 Å². The second kappa shape index (κ2) is 8.85. The molecule has 32 heavy (non-hydrogen) atoms. The third kappa shape index (κ3) is 4.23. The zero-order valence-corrected chi connectivity index (χ0v) is 18.5. The molecule has 0 N–H and O–H groups in total. The van der Waals surface area contributed by atoms with E-state index in [4.69, 9.17) is 5.26 Å². The fourth-order valence-corrected chi connectivity index (χ4v) is 5.50. The Hall–Kier alpha value is -3.63. The van der Waals surface area contributed by atoms with Crippen molar-refractivity contribution in [2.75, 3.05) is 17.9 Å². The van der Waals surface area contributed by atoms with Crippen LogP contribution in [0.1, 0.15) is 33.5 Å². The Morgan fingerprint density at radius 2 is 1.81 bits per heavy atom. The van der Waals surface area contributed by atoms with Gasteiger partial charge in [-0.05, 0) is 60.4 Å². The number of benzene rings is 3. The number of anilines is 1. The SMILES string of the molecule is CN(Cc1ccc(C#N)cc1)C(=O)c1cccc(S(=O)(=O)N2CCCc3ccccc32)c1. The summed E-state index contributed by atoms with van der Waals surface area (Å²) in [6.07, 6.45) is 1.60. The first-order valence-corrected chi connectivity index (χ1v) is 11.8. The summed E-state index contributed by atoms with van der Waals surface area (Å²) in [5, 5.41) is 8.92. The van der Waals surface area contributed by atoms with Gasteiger partial charge < -0.3 is 4.90 Å². The van der Waals surface area contributed by atoms with E-state index in [9.17, 15) is 13.2 Å². The lowest BCUT2D eigenvalue weighted by molar-refractivity contribution is 0.0785. The Morgan fingerprint density at radius 1 is 1.06 bits per heavy atom. The average molecular weight is 446 g/mol. The Balaban J connectivity index is 1.58. The largest absolute Gasteiger partial charge is 0.337 e. The number of nitriles is 1. The monoisotopic (exact) mass is 445 g/mol. The van der Waals surface area contributed by atoms with Crippen molar-refractivity contribution in [1.29, 1.82) is 5.26 Å². The number of carbonyl (C=O) groups excluding carboxylic acids is 1. The van der Waals surface area contributed by atoms with Crippen molar-refractivity contribution in [2.45, 2.75) is 24.3 Å². The summed E-state index contributed by atoms with van der Waals surface area (Å²) < 4.78 is 28.3. The summed E-state index contributed by atoms with van der Waals surface area (Å²) >= 11 is 0. The van der Waals surface area contributed by atoms with Crippen molar-refractivity contribution in [3.63, 3.8) is 0 Å². The predicted molar refractivity (Wildman–Crippen MR) is 123 cm³/mol. The first kappa shape index (κ1) is 21.6. The molecular weight excluding hydrogens is 422 g/mol. The third-order valence-electron chi connectivity index (χ3n) is 5.59. The molecule has 0 atom stereocenters. The normalized spacial score (nSPS) is 13.2. The highest BCUT2D eigenvalue weighted by molar-refractivity contribution is 7.92. The van der Waals surface area contributed by atoms with Crippen molar-refractivity contribution >= 4 is 21.6 Å². The first-order valence-electron chi connectivity index (χ1n) is 10.4. The predicted octanol–water partition coefficient (Wildman–Crippen LogP) is 3.97. The minimum absolute atomic E-state index is 0.104. The van der Waals surface area contributed by atoms with Gasteiger partial charge in [-0.3, -0.25) is 9.10 Å². The molecule has 1 heterocycles. The van der Waals surface area contributed by atoms with Crippen LogP contribution >= 0.6 is 0 Å². The summed E-state index contributed by atoms with van der Waals surface area (Å²) in [5.74, 6) is -0.273. The number of sulfonamides is 1. The number of hydrogen-bond donors (Lipinski definition) is 0. The maximum Gasteiger partial charge on any atom is 0.264 e. The fraction of sp³-hybridized carbons (Fsp3) is 0.200. The molecule has 4 rings (SSSR count). The van der Waals surface area contributed by atoms with Crippen molar-refractivity contribution < 1.29 is 13.2 Å². The second-order valence-corrected chi connectivity index (χ2v) is 9.67. The maximum atomic E-state index is 13.4. The van der Waals surface area contributed by atoms with Crippen LogP contribution in [0.2, 0.25) is 0 Å². The molecule has 1 amide bonds. The number of hydrogen-bond acceptors (Lipinski definition) is 4. The van der Waals surface area contributed by atoms with Gasteiger partial charge in [-0.25, -0.2) is 8.42 Å². The van der Waals surface area contributed by atoms with Gasteiger partial charge in [-0.15, -0.1) is 0 Å². The summed E-state index contributed by atoms with van der Waals surface area (Å²) in [5.41, 5.74) is 3.46. The van der Waals surface area contributed by atoms with Crippen LogP contribution in [0.25, 0.3) is 0 Å². The quantitative estimate of drug-likeness (QED) is 0.595. The van der Waals surface area contributed by atoms with Crippen molar-refractivity contribution in [2.24, 2.45) is 0 Å². The Bertz CT molecular complexity index is 1290. The number of nitrogens with zero attached hydrogens (tertiary/aromatic N) is 3. The summed E-state index contributed by atoms with van der Waals surface area (Å²) in [4.78, 5) is 14.6. The van der Waals surface area contributed by atoms with Gasteiger partial charge in [0.05, 0.1) is 22.2 Å². The van der Waals surface area contributed by atoms with Crippen molar-refractivity contribution in [3.8, 4) is 6.07 Å². The van der Waals surface area contributed by atoms with Gasteiger partial charge >= 0.3 is 0 Å². The van der Waals surface area contributed by atoms with E-state index in [1.54, 1.807) is 43.4 Å². The number of fused-ring (bicyclic) bond motifs is 1. The number of amides is 1. The van der Waals surface area contributed by atoms with E-state index in [-0.39, 0.29) is 10.8 Å². The molecule has 0 saturated carbocycles. The fourth-order valence-electron chi connectivity index (χ4n) is 3.92. The van der Waals surface area contributed by atoms with E-state index in [1.807, 2.05) is 24.3 Å². The molecule has 1 aliphatic rings. The standard InChI is InChI=1S/C25H23N3O3S/c1-27(18-20-13-11-19(17-26)12-14-20)25(29)22-7-4-9-23(16-22)32(30,31)28-15-5-8-21-6-2-3-10-24(21)28/h2-4,6-7,9-14,16H,5,8,15,18H2,1H3. The van der Waals surface area contributed by atoms with E-state index < -0.39 is 10.0 Å². The smallest absolute Gasteiger partial charge is 0.264 e. The van der Waals surface area contributed by atoms with Crippen LogP contribution in [0.4, 0.5) is 5.69 Å². The topological polar surface area (TPSA) is 81.5 Å². The highest BCUT2D eigenvalue weighted by Crippen LogP contribution is 2.32. The van der Waals surface area contributed by atoms with Crippen LogP contribution in [0, 0.1) is 11.3 Å². The zero-order valence-electron chi connectivity index (χ0n) is 17.7. The molecule has 0 aromatic heterocycles. The molecule has 162 valence electrons. The van der Waals surface area contributed by atoms with Gasteiger partial charge in [0.2, 0.25) is 0 Å². The molecule has 0 fully saturated rings. The van der Waals surface area contributed by atoms with Gasteiger partial charge in [-0.1, -0.05) is 36.4 Å².